The molecule has 0 aliphatic heterocycles. The Balaban J connectivity index is 1.52. The van der Waals surface area contributed by atoms with Gasteiger partial charge in [0.15, 0.2) is 5.82 Å². The zero-order valence-electron chi connectivity index (χ0n) is 30.6. The Bertz CT molecular complexity index is 2500. The molecule has 1 amide bonds. The van der Waals surface area contributed by atoms with Gasteiger partial charge in [0.05, 0.1) is 29.1 Å². The molecule has 6 rings (SSSR count). The second-order valence-corrected chi connectivity index (χ2v) is 16.1. The number of pyridine rings is 1. The number of aliphatic hydroxyl groups is 1. The maximum Gasteiger partial charge on any atom is 0.290 e. The molecule has 1 unspecified atom stereocenters. The summed E-state index contributed by atoms with van der Waals surface area (Å²) in [6.07, 6.45) is -6.31. The number of para-hydroxylation sites is 1. The lowest BCUT2D eigenvalue weighted by Gasteiger charge is -2.29. The van der Waals surface area contributed by atoms with E-state index in [9.17, 15) is 44.7 Å². The molecule has 0 bridgehead atoms. The van der Waals surface area contributed by atoms with Gasteiger partial charge in [-0.25, -0.2) is 39.7 Å². The SMILES string of the molecule is Cn1nc(NS(C)(=O)=O)c2cccc(-c3ccc(C#CC(C)(C)O)nc3[C@H](CC3=CC(F)=CC(F)C3)NC(=O)Cn3nc(C(F)F)c4c3C(F)(F)CCC4(F)F)c21. The number of halogens is 8. The number of sulfonamides is 1. The van der Waals surface area contributed by atoms with Crippen molar-refractivity contribution in [1.29, 1.82) is 0 Å². The van der Waals surface area contributed by atoms with Gasteiger partial charge in [0.1, 0.15) is 41.2 Å². The number of alkyl halides is 7. The fourth-order valence-electron chi connectivity index (χ4n) is 6.88. The van der Waals surface area contributed by atoms with Gasteiger partial charge in [0, 0.05) is 42.8 Å². The first kappa shape index (κ1) is 41.3. The summed E-state index contributed by atoms with van der Waals surface area (Å²) in [4.78, 5) is 18.5. The molecule has 0 saturated carbocycles. The highest BCUT2D eigenvalue weighted by molar-refractivity contribution is 7.92. The van der Waals surface area contributed by atoms with Crippen molar-refractivity contribution in [2.45, 2.75) is 82.2 Å². The van der Waals surface area contributed by atoms with Gasteiger partial charge >= 0.3 is 0 Å². The van der Waals surface area contributed by atoms with E-state index in [0.29, 0.717) is 16.5 Å². The molecule has 2 aliphatic rings. The molecule has 0 fully saturated rings. The van der Waals surface area contributed by atoms with E-state index in [1.54, 1.807) is 18.2 Å². The lowest BCUT2D eigenvalue weighted by Crippen LogP contribution is -2.36. The van der Waals surface area contributed by atoms with Crippen LogP contribution in [0.15, 0.2) is 53.9 Å². The maximum atomic E-state index is 15.2. The summed E-state index contributed by atoms with van der Waals surface area (Å²) in [5.74, 6) is -4.99. The quantitative estimate of drug-likeness (QED) is 0.115. The summed E-state index contributed by atoms with van der Waals surface area (Å²) in [5.41, 5.74) is -5.22. The molecule has 2 atom stereocenters. The minimum absolute atomic E-state index is 0.0272. The predicted octanol–water partition coefficient (Wildman–Crippen LogP) is 7.01. The largest absolute Gasteiger partial charge is 0.378 e. The van der Waals surface area contributed by atoms with Gasteiger partial charge in [0.2, 0.25) is 15.9 Å². The molecule has 304 valence electrons. The van der Waals surface area contributed by atoms with E-state index >= 15 is 8.78 Å². The van der Waals surface area contributed by atoms with E-state index in [4.69, 9.17) is 0 Å². The van der Waals surface area contributed by atoms with Gasteiger partial charge in [-0.3, -0.25) is 18.9 Å². The standard InChI is InChI=1S/C37H35F8N7O4S/c1-35(2,54)11-10-22-8-9-23(24-6-5-7-25-31(24)51(3)49-34(25)50-57(4,55)56)29(46-22)26(16-19-14-20(38)17-21(39)15-19)47-27(53)18-52-32-28(30(48-52)33(40)41)36(42,43)12-13-37(32,44)45/h5-9,14,17,21,26,33,54H,12-13,15-16,18H2,1-4H3,(H,47,53)(H,49,50)/t21?,26-/m0/s1. The third kappa shape index (κ3) is 8.99. The van der Waals surface area contributed by atoms with Crippen molar-refractivity contribution in [2.24, 2.45) is 7.05 Å². The second-order valence-electron chi connectivity index (χ2n) is 14.4. The van der Waals surface area contributed by atoms with E-state index in [-0.39, 0.29) is 45.9 Å². The van der Waals surface area contributed by atoms with Crippen LogP contribution in [0.25, 0.3) is 22.0 Å². The van der Waals surface area contributed by atoms with Crippen molar-refractivity contribution in [2.75, 3.05) is 11.0 Å². The predicted molar refractivity (Wildman–Crippen MR) is 192 cm³/mol. The lowest BCUT2D eigenvalue weighted by molar-refractivity contribution is -0.123. The van der Waals surface area contributed by atoms with Crippen LogP contribution < -0.4 is 10.0 Å². The Morgan fingerprint density at radius 3 is 2.42 bits per heavy atom. The van der Waals surface area contributed by atoms with Crippen LogP contribution in [0.5, 0.6) is 0 Å². The van der Waals surface area contributed by atoms with Crippen molar-refractivity contribution in [1.82, 2.24) is 29.9 Å². The highest BCUT2D eigenvalue weighted by atomic mass is 32.2. The number of amides is 1. The average molecular weight is 826 g/mol. The Hall–Kier alpha value is -5.29. The minimum Gasteiger partial charge on any atom is -0.378 e. The highest BCUT2D eigenvalue weighted by Gasteiger charge is 2.55. The Kier molecular flexibility index (Phi) is 10.8. The molecule has 4 aromatic rings. The molecule has 57 heavy (non-hydrogen) atoms. The van der Waals surface area contributed by atoms with Crippen molar-refractivity contribution in [3.63, 3.8) is 0 Å². The number of nitrogens with one attached hydrogen (secondary N) is 2. The number of benzene rings is 1. The summed E-state index contributed by atoms with van der Waals surface area (Å²) in [6, 6.07) is 6.35. The second kappa shape index (κ2) is 14.9. The Morgan fingerprint density at radius 1 is 1.07 bits per heavy atom. The van der Waals surface area contributed by atoms with Crippen molar-refractivity contribution >= 4 is 32.7 Å². The summed E-state index contributed by atoms with van der Waals surface area (Å²) in [7, 11) is -2.27. The van der Waals surface area contributed by atoms with Crippen LogP contribution in [-0.2, 0) is 40.3 Å². The van der Waals surface area contributed by atoms with Crippen LogP contribution in [0.3, 0.4) is 0 Å². The Morgan fingerprint density at radius 2 is 1.77 bits per heavy atom. The Labute approximate surface area is 320 Å². The van der Waals surface area contributed by atoms with E-state index in [1.807, 2.05) is 0 Å². The third-order valence-corrected chi connectivity index (χ3v) is 9.64. The van der Waals surface area contributed by atoms with Crippen LogP contribution in [0.2, 0.25) is 0 Å². The number of aromatic nitrogens is 5. The maximum absolute atomic E-state index is 15.2. The molecule has 3 N–H and O–H groups in total. The number of allylic oxidation sites excluding steroid dienone is 3. The molecule has 1 aromatic carbocycles. The van der Waals surface area contributed by atoms with Crippen LogP contribution in [0.4, 0.5) is 40.9 Å². The normalized spacial score (nSPS) is 18.3. The molecule has 11 nitrogen and oxygen atoms in total. The third-order valence-electron chi connectivity index (χ3n) is 9.07. The summed E-state index contributed by atoms with van der Waals surface area (Å²) in [5, 5.41) is 20.8. The molecule has 3 aromatic heterocycles. The number of nitrogens with zero attached hydrogens (tertiary/aromatic N) is 5. The molecule has 20 heteroatoms. The minimum atomic E-state index is -4.10. The molecule has 0 saturated heterocycles. The van der Waals surface area contributed by atoms with E-state index in [1.165, 1.54) is 37.7 Å². The molecular weight excluding hydrogens is 791 g/mol. The van der Waals surface area contributed by atoms with Gasteiger partial charge in [-0.15, -0.1) is 0 Å². The van der Waals surface area contributed by atoms with Gasteiger partial charge in [-0.05, 0) is 56.5 Å². The molecule has 3 heterocycles. The van der Waals surface area contributed by atoms with Gasteiger partial charge < -0.3 is 10.4 Å². The zero-order chi connectivity index (χ0) is 41.8. The van der Waals surface area contributed by atoms with E-state index in [2.05, 4.69) is 37.1 Å². The smallest absolute Gasteiger partial charge is 0.290 e. The molecule has 0 spiro atoms. The zero-order valence-corrected chi connectivity index (χ0v) is 31.5. The van der Waals surface area contributed by atoms with Gasteiger partial charge in [-0.2, -0.15) is 19.0 Å². The molecule has 0 radical (unpaired) electrons. The topological polar surface area (TPSA) is 144 Å². The van der Waals surface area contributed by atoms with Crippen LogP contribution in [0.1, 0.15) is 80.3 Å². The number of hydrogen-bond acceptors (Lipinski definition) is 7. The average Bonchev–Trinajstić information content (AvgIpc) is 3.63. The molecule has 2 aliphatic carbocycles. The van der Waals surface area contributed by atoms with Crippen LogP contribution in [0, 0.1) is 11.8 Å². The van der Waals surface area contributed by atoms with Crippen molar-refractivity contribution in [3.05, 3.63) is 82.2 Å². The van der Waals surface area contributed by atoms with E-state index in [0.717, 1.165) is 18.4 Å². The highest BCUT2D eigenvalue weighted by Crippen LogP contribution is 2.52. The fraction of sp³-hybridized carbons (Fsp3) is 0.405. The number of fused-ring (bicyclic) bond motifs is 2. The fourth-order valence-corrected chi connectivity index (χ4v) is 7.38. The number of aryl methyl sites for hydroxylation is 1. The van der Waals surface area contributed by atoms with Crippen LogP contribution >= 0.6 is 0 Å². The van der Waals surface area contributed by atoms with Crippen molar-refractivity contribution < 1.29 is 53.4 Å². The van der Waals surface area contributed by atoms with Crippen molar-refractivity contribution in [3.8, 4) is 23.0 Å². The number of carbonyl (C=O) groups excluding carboxylic acids is 1. The first-order valence-electron chi connectivity index (χ1n) is 17.3. The number of hydrogen-bond donors (Lipinski definition) is 3. The first-order valence-corrected chi connectivity index (χ1v) is 19.2. The first-order chi connectivity index (χ1) is 26.4. The monoisotopic (exact) mass is 825 g/mol. The van der Waals surface area contributed by atoms with E-state index < -0.39 is 94.2 Å². The lowest BCUT2D eigenvalue weighted by atomic mass is 9.89. The summed E-state index contributed by atoms with van der Waals surface area (Å²) in [6.45, 7) is 1.56. The van der Waals surface area contributed by atoms with Crippen LogP contribution in [-0.4, -0.2) is 62.0 Å². The number of carbonyl (C=O) groups is 1. The summed E-state index contributed by atoms with van der Waals surface area (Å²) < 4.78 is 145. The van der Waals surface area contributed by atoms with Gasteiger partial charge in [0.25, 0.3) is 18.3 Å². The summed E-state index contributed by atoms with van der Waals surface area (Å²) >= 11 is 0. The van der Waals surface area contributed by atoms with Gasteiger partial charge in [-0.1, -0.05) is 23.6 Å². The number of rotatable bonds is 10. The number of anilines is 1. The molecular formula is C37H35F8N7O4S.